The molecule has 1 heterocycles. The van der Waals surface area contributed by atoms with E-state index >= 15 is 0 Å². The minimum atomic E-state index is -1.11. The van der Waals surface area contributed by atoms with Crippen molar-refractivity contribution >= 4 is 23.8 Å². The van der Waals surface area contributed by atoms with Crippen molar-refractivity contribution in [3.8, 4) is 0 Å². The Morgan fingerprint density at radius 3 is 1.85 bits per heavy atom. The van der Waals surface area contributed by atoms with Crippen LogP contribution in [0.3, 0.4) is 0 Å². The Hall–Kier alpha value is -2.20. The van der Waals surface area contributed by atoms with E-state index in [9.17, 15) is 19.2 Å². The number of carbonyl (C=O) groups excluding carboxylic acids is 4. The van der Waals surface area contributed by atoms with Gasteiger partial charge in [-0.3, -0.25) is 19.2 Å². The molecule has 0 aliphatic carbocycles. The monoisotopic (exact) mass is 487 g/mol. The van der Waals surface area contributed by atoms with Gasteiger partial charge in [0, 0.05) is 34.3 Å². The second kappa shape index (κ2) is 16.4. The van der Waals surface area contributed by atoms with Crippen LogP contribution in [0.4, 0.5) is 0 Å². The van der Waals surface area contributed by atoms with E-state index in [0.717, 1.165) is 19.3 Å². The molecule has 0 radical (unpaired) electrons. The fraction of sp³-hybridized carbons (Fsp3) is 0.833. The van der Waals surface area contributed by atoms with Gasteiger partial charge < -0.3 is 29.0 Å². The fourth-order valence-electron chi connectivity index (χ4n) is 3.87. The van der Waals surface area contributed by atoms with Gasteiger partial charge in [0.15, 0.2) is 18.5 Å². The highest BCUT2D eigenvalue weighted by Crippen LogP contribution is 2.28. The summed E-state index contributed by atoms with van der Waals surface area (Å²) in [6.45, 7) is 7.27. The van der Waals surface area contributed by atoms with Gasteiger partial charge in [0.1, 0.15) is 18.8 Å². The Morgan fingerprint density at radius 2 is 1.32 bits per heavy atom. The number of rotatable bonds is 15. The highest BCUT2D eigenvalue weighted by Gasteiger charge is 2.51. The summed E-state index contributed by atoms with van der Waals surface area (Å²) in [5.74, 6) is -2.22. The first kappa shape index (κ1) is 29.8. The predicted molar refractivity (Wildman–Crippen MR) is 123 cm³/mol. The molecular formula is C24H41NO9. The lowest BCUT2D eigenvalue weighted by Gasteiger charge is -2.44. The van der Waals surface area contributed by atoms with Crippen molar-refractivity contribution in [1.29, 1.82) is 0 Å². The van der Waals surface area contributed by atoms with Gasteiger partial charge >= 0.3 is 17.9 Å². The molecule has 0 spiro atoms. The maximum absolute atomic E-state index is 11.9. The number of hydrogen-bond acceptors (Lipinski definition) is 9. The molecule has 1 saturated heterocycles. The van der Waals surface area contributed by atoms with Crippen molar-refractivity contribution in [2.24, 2.45) is 0 Å². The Kier molecular flexibility index (Phi) is 14.4. The molecule has 1 rings (SSSR count). The molecule has 10 nitrogen and oxygen atoms in total. The average Bonchev–Trinajstić information content (AvgIpc) is 2.74. The molecule has 0 aromatic heterocycles. The molecule has 1 aliphatic heterocycles. The molecule has 34 heavy (non-hydrogen) atoms. The Bertz CT molecular complexity index is 654. The minimum absolute atomic E-state index is 0.241. The van der Waals surface area contributed by atoms with Gasteiger partial charge in [-0.25, -0.2) is 0 Å². The van der Waals surface area contributed by atoms with Gasteiger partial charge in [0.05, 0.1) is 0 Å². The lowest BCUT2D eigenvalue weighted by Crippen LogP contribution is -2.66. The normalized spacial score (nSPS) is 24.2. The summed E-state index contributed by atoms with van der Waals surface area (Å²) in [5, 5.41) is 2.69. The van der Waals surface area contributed by atoms with E-state index in [1.54, 1.807) is 0 Å². The molecule has 1 fully saturated rings. The van der Waals surface area contributed by atoms with E-state index in [0.29, 0.717) is 6.61 Å². The van der Waals surface area contributed by atoms with Crippen molar-refractivity contribution in [1.82, 2.24) is 5.32 Å². The van der Waals surface area contributed by atoms with Gasteiger partial charge in [-0.15, -0.1) is 0 Å². The van der Waals surface area contributed by atoms with Crippen molar-refractivity contribution in [2.45, 2.75) is 117 Å². The third-order valence-electron chi connectivity index (χ3n) is 5.35. The van der Waals surface area contributed by atoms with E-state index in [2.05, 4.69) is 12.2 Å². The van der Waals surface area contributed by atoms with Gasteiger partial charge in [0.25, 0.3) is 0 Å². The van der Waals surface area contributed by atoms with Crippen molar-refractivity contribution in [3.05, 3.63) is 0 Å². The zero-order valence-corrected chi connectivity index (χ0v) is 21.1. The molecule has 0 aromatic carbocycles. The first-order valence-corrected chi connectivity index (χ1v) is 12.2. The Morgan fingerprint density at radius 1 is 0.765 bits per heavy atom. The second-order valence-electron chi connectivity index (χ2n) is 8.57. The SMILES string of the molecule is CCCCCCCCCCO[C@H]1O[C@@H](COC(C)=O)[C@@H](OC(C)=O)[C@@H](OC(C)=O)[C@H]1NC(C)=O. The third kappa shape index (κ3) is 11.8. The van der Waals surface area contributed by atoms with E-state index < -0.39 is 54.5 Å². The first-order valence-electron chi connectivity index (χ1n) is 12.2. The number of ether oxygens (including phenoxy) is 5. The fourth-order valence-corrected chi connectivity index (χ4v) is 3.87. The Balaban J connectivity index is 2.89. The standard InChI is InChI=1S/C24H41NO9/c1-6-7-8-9-10-11-12-13-14-30-24-21(25-16(2)26)23(33-19(5)29)22(32-18(4)28)20(34-24)15-31-17(3)27/h20-24H,6-15H2,1-5H3,(H,25,26)/t20-,21+,22+,23-,24-/m0/s1. The van der Waals surface area contributed by atoms with Crippen LogP contribution in [0, 0.1) is 0 Å². The molecule has 0 bridgehead atoms. The zero-order valence-electron chi connectivity index (χ0n) is 21.1. The summed E-state index contributed by atoms with van der Waals surface area (Å²) in [6.07, 6.45) is 4.88. The minimum Gasteiger partial charge on any atom is -0.463 e. The van der Waals surface area contributed by atoms with Crippen LogP contribution < -0.4 is 5.32 Å². The summed E-state index contributed by atoms with van der Waals surface area (Å²) >= 11 is 0. The summed E-state index contributed by atoms with van der Waals surface area (Å²) in [4.78, 5) is 46.8. The van der Waals surface area contributed by atoms with Gasteiger partial charge in [-0.2, -0.15) is 0 Å². The molecule has 0 unspecified atom stereocenters. The van der Waals surface area contributed by atoms with Gasteiger partial charge in [-0.1, -0.05) is 51.9 Å². The zero-order chi connectivity index (χ0) is 25.5. The highest BCUT2D eigenvalue weighted by molar-refractivity contribution is 5.73. The van der Waals surface area contributed by atoms with Crippen LogP contribution in [0.25, 0.3) is 0 Å². The summed E-state index contributed by atoms with van der Waals surface area (Å²) in [7, 11) is 0. The lowest BCUT2D eigenvalue weighted by molar-refractivity contribution is -0.277. The quantitative estimate of drug-likeness (QED) is 0.211. The first-order chi connectivity index (χ1) is 16.1. The summed E-state index contributed by atoms with van der Waals surface area (Å²) in [5.41, 5.74) is 0. The van der Waals surface area contributed by atoms with Crippen LogP contribution in [0.5, 0.6) is 0 Å². The largest absolute Gasteiger partial charge is 0.463 e. The van der Waals surface area contributed by atoms with E-state index in [4.69, 9.17) is 23.7 Å². The smallest absolute Gasteiger partial charge is 0.303 e. The maximum atomic E-state index is 11.9. The maximum Gasteiger partial charge on any atom is 0.303 e. The predicted octanol–water partition coefficient (Wildman–Crippen LogP) is 2.80. The summed E-state index contributed by atoms with van der Waals surface area (Å²) in [6, 6.07) is -0.923. The topological polar surface area (TPSA) is 126 Å². The van der Waals surface area contributed by atoms with Crippen LogP contribution in [0.15, 0.2) is 0 Å². The molecule has 10 heteroatoms. The molecule has 1 amide bonds. The van der Waals surface area contributed by atoms with Crippen LogP contribution in [-0.2, 0) is 42.9 Å². The van der Waals surface area contributed by atoms with Crippen LogP contribution in [-0.4, -0.2) is 67.7 Å². The number of unbranched alkanes of at least 4 members (excludes halogenated alkanes) is 7. The highest BCUT2D eigenvalue weighted by atomic mass is 16.7. The third-order valence-corrected chi connectivity index (χ3v) is 5.35. The van der Waals surface area contributed by atoms with Gasteiger partial charge in [0.2, 0.25) is 5.91 Å². The van der Waals surface area contributed by atoms with Crippen LogP contribution >= 0.6 is 0 Å². The number of amides is 1. The molecule has 5 atom stereocenters. The molecule has 0 aromatic rings. The summed E-state index contributed by atoms with van der Waals surface area (Å²) < 4.78 is 27.8. The molecule has 1 N–H and O–H groups in total. The van der Waals surface area contributed by atoms with E-state index in [1.165, 1.54) is 59.8 Å². The Labute approximate surface area is 202 Å². The van der Waals surface area contributed by atoms with E-state index in [1.807, 2.05) is 0 Å². The molecular weight excluding hydrogens is 446 g/mol. The van der Waals surface area contributed by atoms with Crippen molar-refractivity contribution < 1.29 is 42.9 Å². The number of nitrogens with one attached hydrogen (secondary N) is 1. The van der Waals surface area contributed by atoms with Crippen LogP contribution in [0.2, 0.25) is 0 Å². The average molecular weight is 488 g/mol. The van der Waals surface area contributed by atoms with Gasteiger partial charge in [-0.05, 0) is 6.42 Å². The van der Waals surface area contributed by atoms with Crippen LogP contribution in [0.1, 0.15) is 86.0 Å². The van der Waals surface area contributed by atoms with Crippen molar-refractivity contribution in [3.63, 3.8) is 0 Å². The number of carbonyl (C=O) groups is 4. The van der Waals surface area contributed by atoms with Crippen molar-refractivity contribution in [2.75, 3.05) is 13.2 Å². The number of esters is 3. The molecule has 1 aliphatic rings. The van der Waals surface area contributed by atoms with E-state index in [-0.39, 0.29) is 6.61 Å². The lowest BCUT2D eigenvalue weighted by atomic mass is 9.96. The molecule has 196 valence electrons. The molecule has 0 saturated carbocycles. The second-order valence-corrected chi connectivity index (χ2v) is 8.57. The number of hydrogen-bond donors (Lipinski definition) is 1.